The van der Waals surface area contributed by atoms with Crippen molar-refractivity contribution >= 4 is 11.9 Å². The molecule has 1 aromatic carbocycles. The third-order valence-corrected chi connectivity index (χ3v) is 4.02. The van der Waals surface area contributed by atoms with E-state index in [1.807, 2.05) is 18.2 Å². The molecule has 1 amide bonds. The van der Waals surface area contributed by atoms with E-state index in [-0.39, 0.29) is 18.3 Å². The van der Waals surface area contributed by atoms with Crippen LogP contribution in [0, 0.1) is 0 Å². The van der Waals surface area contributed by atoms with Gasteiger partial charge in [-0.25, -0.2) is 0 Å². The average Bonchev–Trinajstić information content (AvgIpc) is 2.65. The van der Waals surface area contributed by atoms with Crippen molar-refractivity contribution < 1.29 is 23.8 Å². The van der Waals surface area contributed by atoms with Crippen LogP contribution in [0.25, 0.3) is 0 Å². The summed E-state index contributed by atoms with van der Waals surface area (Å²) in [5.74, 6) is 1.07. The number of rotatable bonds is 11. The first kappa shape index (κ1) is 20.8. The molecule has 0 spiro atoms. The molecule has 0 aromatic heterocycles. The monoisotopic (exact) mass is 351 g/mol. The Morgan fingerprint density at radius 2 is 1.72 bits per heavy atom. The number of hydrogen-bond donors (Lipinski definition) is 0. The van der Waals surface area contributed by atoms with Crippen LogP contribution in [0.4, 0.5) is 0 Å². The van der Waals surface area contributed by atoms with E-state index in [1.54, 1.807) is 19.1 Å². The van der Waals surface area contributed by atoms with Crippen molar-refractivity contribution in [1.82, 2.24) is 4.90 Å². The minimum atomic E-state index is -0.297. The number of ether oxygens (including phenoxy) is 3. The van der Waals surface area contributed by atoms with Crippen LogP contribution in [0.1, 0.15) is 38.2 Å². The van der Waals surface area contributed by atoms with Crippen LogP contribution in [0.2, 0.25) is 0 Å². The van der Waals surface area contributed by atoms with E-state index in [0.717, 1.165) is 18.4 Å². The molecule has 6 nitrogen and oxygen atoms in total. The highest BCUT2D eigenvalue weighted by Gasteiger charge is 2.15. The number of benzene rings is 1. The van der Waals surface area contributed by atoms with Gasteiger partial charge in [-0.1, -0.05) is 19.4 Å². The summed E-state index contributed by atoms with van der Waals surface area (Å²) in [6.07, 6.45) is 3.14. The SMILES string of the molecule is CCCCN(CCC(=O)OC)C(=O)CCc1ccc(OC)c(OC)c1. The Morgan fingerprint density at radius 1 is 1.00 bits per heavy atom. The van der Waals surface area contributed by atoms with Crippen LogP contribution < -0.4 is 9.47 Å². The molecule has 0 heterocycles. The van der Waals surface area contributed by atoms with Gasteiger partial charge in [0.05, 0.1) is 27.8 Å². The first-order valence-electron chi connectivity index (χ1n) is 8.61. The summed E-state index contributed by atoms with van der Waals surface area (Å²) in [5.41, 5.74) is 1.01. The molecule has 25 heavy (non-hydrogen) atoms. The van der Waals surface area contributed by atoms with Crippen LogP contribution in [0.3, 0.4) is 0 Å². The van der Waals surface area contributed by atoms with E-state index in [9.17, 15) is 9.59 Å². The first-order chi connectivity index (χ1) is 12.0. The van der Waals surface area contributed by atoms with Crippen molar-refractivity contribution in [3.63, 3.8) is 0 Å². The van der Waals surface area contributed by atoms with Crippen LogP contribution in [-0.2, 0) is 20.7 Å². The molecule has 140 valence electrons. The van der Waals surface area contributed by atoms with Gasteiger partial charge in [-0.3, -0.25) is 9.59 Å². The lowest BCUT2D eigenvalue weighted by molar-refractivity contribution is -0.141. The highest BCUT2D eigenvalue weighted by Crippen LogP contribution is 2.28. The van der Waals surface area contributed by atoms with Crippen LogP contribution in [-0.4, -0.2) is 51.2 Å². The smallest absolute Gasteiger partial charge is 0.307 e. The van der Waals surface area contributed by atoms with Gasteiger partial charge in [0.2, 0.25) is 5.91 Å². The fraction of sp³-hybridized carbons (Fsp3) is 0.579. The first-order valence-corrected chi connectivity index (χ1v) is 8.61. The van der Waals surface area contributed by atoms with Crippen molar-refractivity contribution in [3.8, 4) is 11.5 Å². The van der Waals surface area contributed by atoms with Gasteiger partial charge < -0.3 is 19.1 Å². The summed E-state index contributed by atoms with van der Waals surface area (Å²) >= 11 is 0. The zero-order chi connectivity index (χ0) is 18.7. The Balaban J connectivity index is 2.64. The van der Waals surface area contributed by atoms with Crippen LogP contribution >= 0.6 is 0 Å². The molecule has 6 heteroatoms. The van der Waals surface area contributed by atoms with E-state index in [4.69, 9.17) is 9.47 Å². The number of nitrogens with zero attached hydrogens (tertiary/aromatic N) is 1. The lowest BCUT2D eigenvalue weighted by atomic mass is 10.1. The van der Waals surface area contributed by atoms with Gasteiger partial charge >= 0.3 is 5.97 Å². The molecule has 0 saturated carbocycles. The average molecular weight is 351 g/mol. The third kappa shape index (κ3) is 7.03. The van der Waals surface area contributed by atoms with Gasteiger partial charge in [-0.05, 0) is 30.5 Å². The number of aryl methyl sites for hydroxylation is 1. The van der Waals surface area contributed by atoms with E-state index in [2.05, 4.69) is 11.7 Å². The van der Waals surface area contributed by atoms with Crippen molar-refractivity contribution in [2.45, 2.75) is 39.0 Å². The maximum Gasteiger partial charge on any atom is 0.307 e. The second-order valence-electron chi connectivity index (χ2n) is 5.75. The largest absolute Gasteiger partial charge is 0.493 e. The Bertz CT molecular complexity index is 559. The highest BCUT2D eigenvalue weighted by molar-refractivity contribution is 5.77. The van der Waals surface area contributed by atoms with Gasteiger partial charge in [0.15, 0.2) is 11.5 Å². The molecule has 0 aliphatic heterocycles. The lowest BCUT2D eigenvalue weighted by Gasteiger charge is -2.22. The number of hydrogen-bond acceptors (Lipinski definition) is 5. The van der Waals surface area contributed by atoms with Crippen molar-refractivity contribution in [2.75, 3.05) is 34.4 Å². The van der Waals surface area contributed by atoms with E-state index in [1.165, 1.54) is 7.11 Å². The number of esters is 1. The summed E-state index contributed by atoms with van der Waals surface area (Å²) in [6, 6.07) is 5.65. The lowest BCUT2D eigenvalue weighted by Crippen LogP contribution is -2.34. The number of unbranched alkanes of at least 4 members (excludes halogenated alkanes) is 1. The molecule has 0 unspecified atom stereocenters. The number of methoxy groups -OCH3 is 3. The molecule has 0 saturated heterocycles. The molecular formula is C19H29NO5. The topological polar surface area (TPSA) is 65.1 Å². The summed E-state index contributed by atoms with van der Waals surface area (Å²) in [4.78, 5) is 25.6. The van der Waals surface area contributed by atoms with Crippen molar-refractivity contribution in [2.24, 2.45) is 0 Å². The molecule has 0 N–H and O–H groups in total. The second-order valence-corrected chi connectivity index (χ2v) is 5.75. The zero-order valence-corrected chi connectivity index (χ0v) is 15.7. The fourth-order valence-corrected chi connectivity index (χ4v) is 2.48. The molecule has 0 atom stereocenters. The molecular weight excluding hydrogens is 322 g/mol. The van der Waals surface area contributed by atoms with E-state index < -0.39 is 0 Å². The highest BCUT2D eigenvalue weighted by atomic mass is 16.5. The Labute approximate surface area is 150 Å². The predicted molar refractivity (Wildman–Crippen MR) is 96.0 cm³/mol. The molecule has 0 fully saturated rings. The van der Waals surface area contributed by atoms with Gasteiger partial charge in [0.25, 0.3) is 0 Å². The van der Waals surface area contributed by atoms with Gasteiger partial charge in [-0.15, -0.1) is 0 Å². The molecule has 0 bridgehead atoms. The van der Waals surface area contributed by atoms with Crippen molar-refractivity contribution in [1.29, 1.82) is 0 Å². The Kier molecular flexibility index (Phi) is 9.43. The van der Waals surface area contributed by atoms with E-state index >= 15 is 0 Å². The minimum Gasteiger partial charge on any atom is -0.493 e. The summed E-state index contributed by atoms with van der Waals surface area (Å²) in [7, 11) is 4.54. The second kappa shape index (κ2) is 11.3. The van der Waals surface area contributed by atoms with Gasteiger partial charge in [0.1, 0.15) is 0 Å². The summed E-state index contributed by atoms with van der Waals surface area (Å²) in [5, 5.41) is 0. The zero-order valence-electron chi connectivity index (χ0n) is 15.7. The fourth-order valence-electron chi connectivity index (χ4n) is 2.48. The maximum absolute atomic E-state index is 12.5. The summed E-state index contributed by atoms with van der Waals surface area (Å²) in [6.45, 7) is 3.14. The van der Waals surface area contributed by atoms with Gasteiger partial charge in [-0.2, -0.15) is 0 Å². The third-order valence-electron chi connectivity index (χ3n) is 4.02. The molecule has 1 rings (SSSR count). The van der Waals surface area contributed by atoms with E-state index in [0.29, 0.717) is 37.4 Å². The molecule has 1 aromatic rings. The maximum atomic E-state index is 12.5. The Hall–Kier alpha value is -2.24. The molecule has 0 radical (unpaired) electrons. The van der Waals surface area contributed by atoms with Gasteiger partial charge in [0, 0.05) is 19.5 Å². The minimum absolute atomic E-state index is 0.0483. The number of amides is 1. The predicted octanol–water partition coefficient (Wildman–Crippen LogP) is 2.83. The number of carbonyl (C=O) groups excluding carboxylic acids is 2. The number of carbonyl (C=O) groups is 2. The van der Waals surface area contributed by atoms with Crippen LogP contribution in [0.5, 0.6) is 11.5 Å². The summed E-state index contributed by atoms with van der Waals surface area (Å²) < 4.78 is 15.2. The molecule has 0 aliphatic rings. The van der Waals surface area contributed by atoms with Crippen molar-refractivity contribution in [3.05, 3.63) is 23.8 Å². The normalized spacial score (nSPS) is 10.2. The standard InChI is InChI=1S/C19H29NO5/c1-5-6-12-20(13-11-19(22)25-4)18(21)10-8-15-7-9-16(23-2)17(14-15)24-3/h7,9,14H,5-6,8,10-13H2,1-4H3. The quantitative estimate of drug-likeness (QED) is 0.574. The van der Waals surface area contributed by atoms with Crippen LogP contribution in [0.15, 0.2) is 18.2 Å². The molecule has 0 aliphatic carbocycles. The Morgan fingerprint density at radius 3 is 2.32 bits per heavy atom.